The van der Waals surface area contributed by atoms with Crippen LogP contribution in [0.2, 0.25) is 0 Å². The lowest BCUT2D eigenvalue weighted by molar-refractivity contribution is 0.415. The average molecular weight is 260 g/mol. The summed E-state index contributed by atoms with van der Waals surface area (Å²) in [6.07, 6.45) is 0. The molecule has 0 fully saturated rings. The number of halogens is 1. The molecular formula is C15H17FN2O. The first kappa shape index (κ1) is 13.2. The van der Waals surface area contributed by atoms with Crippen LogP contribution in [0, 0.1) is 5.82 Å². The van der Waals surface area contributed by atoms with Crippen LogP contribution < -0.4 is 15.8 Å². The molecule has 1 atom stereocenters. The van der Waals surface area contributed by atoms with Crippen LogP contribution in [-0.2, 0) is 0 Å². The molecule has 2 aromatic rings. The van der Waals surface area contributed by atoms with E-state index in [-0.39, 0.29) is 11.9 Å². The van der Waals surface area contributed by atoms with Crippen LogP contribution in [0.1, 0.15) is 18.5 Å². The van der Waals surface area contributed by atoms with E-state index in [1.54, 1.807) is 19.2 Å². The van der Waals surface area contributed by atoms with Crippen molar-refractivity contribution in [2.75, 3.05) is 18.2 Å². The van der Waals surface area contributed by atoms with E-state index in [4.69, 9.17) is 10.5 Å². The third-order valence-corrected chi connectivity index (χ3v) is 2.90. The van der Waals surface area contributed by atoms with Crippen LogP contribution in [0.3, 0.4) is 0 Å². The molecule has 0 spiro atoms. The molecule has 1 unspecified atom stereocenters. The van der Waals surface area contributed by atoms with Gasteiger partial charge in [-0.05, 0) is 30.7 Å². The molecule has 4 heteroatoms. The van der Waals surface area contributed by atoms with E-state index < -0.39 is 0 Å². The van der Waals surface area contributed by atoms with Crippen molar-refractivity contribution in [2.45, 2.75) is 13.0 Å². The van der Waals surface area contributed by atoms with Crippen molar-refractivity contribution in [3.63, 3.8) is 0 Å². The largest absolute Gasteiger partial charge is 0.497 e. The Bertz CT molecular complexity index is 572. The Balaban J connectivity index is 2.18. The fraction of sp³-hybridized carbons (Fsp3) is 0.200. The van der Waals surface area contributed by atoms with Gasteiger partial charge in [-0.15, -0.1) is 0 Å². The molecule has 0 aliphatic carbocycles. The number of anilines is 2. The zero-order valence-corrected chi connectivity index (χ0v) is 11.0. The van der Waals surface area contributed by atoms with Crippen LogP contribution in [0.4, 0.5) is 15.8 Å². The van der Waals surface area contributed by atoms with Gasteiger partial charge in [0.2, 0.25) is 0 Å². The van der Waals surface area contributed by atoms with E-state index in [1.807, 2.05) is 25.1 Å². The molecule has 0 aliphatic heterocycles. The molecule has 3 N–H and O–H groups in total. The van der Waals surface area contributed by atoms with Crippen molar-refractivity contribution in [3.05, 3.63) is 53.8 Å². The number of methoxy groups -OCH3 is 1. The van der Waals surface area contributed by atoms with Crippen molar-refractivity contribution in [1.29, 1.82) is 0 Å². The van der Waals surface area contributed by atoms with Crippen molar-refractivity contribution < 1.29 is 9.13 Å². The maximum atomic E-state index is 13.2. The number of nitrogens with one attached hydrogen (secondary N) is 1. The van der Waals surface area contributed by atoms with Gasteiger partial charge in [0.05, 0.1) is 7.11 Å². The summed E-state index contributed by atoms with van der Waals surface area (Å²) in [5.74, 6) is 0.449. The summed E-state index contributed by atoms with van der Waals surface area (Å²) in [7, 11) is 1.59. The van der Waals surface area contributed by atoms with Crippen molar-refractivity contribution in [3.8, 4) is 5.75 Å². The lowest BCUT2D eigenvalue weighted by Gasteiger charge is -2.17. The van der Waals surface area contributed by atoms with E-state index >= 15 is 0 Å². The predicted molar refractivity (Wildman–Crippen MR) is 75.8 cm³/mol. The molecule has 0 bridgehead atoms. The Labute approximate surface area is 112 Å². The summed E-state index contributed by atoms with van der Waals surface area (Å²) in [4.78, 5) is 0. The smallest absolute Gasteiger partial charge is 0.123 e. The zero-order chi connectivity index (χ0) is 13.8. The first-order chi connectivity index (χ1) is 9.08. The second-order valence-electron chi connectivity index (χ2n) is 4.42. The molecule has 2 aromatic carbocycles. The summed E-state index contributed by atoms with van der Waals surface area (Å²) in [5, 5.41) is 3.27. The minimum atomic E-state index is -0.240. The number of hydrogen-bond donors (Lipinski definition) is 2. The Kier molecular flexibility index (Phi) is 3.90. The number of rotatable bonds is 4. The minimum absolute atomic E-state index is 0.0257. The first-order valence-electron chi connectivity index (χ1n) is 6.05. The third kappa shape index (κ3) is 3.37. The Morgan fingerprint density at radius 2 is 2.00 bits per heavy atom. The highest BCUT2D eigenvalue weighted by Gasteiger charge is 2.07. The standard InChI is InChI=1S/C15H17FN2O/c1-10(11-4-3-5-12(16)6-11)18-14-7-13(17)8-15(9-14)19-2/h3-10,18H,17H2,1-2H3. The van der Waals surface area contributed by atoms with Crippen LogP contribution in [-0.4, -0.2) is 7.11 Å². The molecule has 3 nitrogen and oxygen atoms in total. The maximum absolute atomic E-state index is 13.2. The highest BCUT2D eigenvalue weighted by molar-refractivity contribution is 5.59. The minimum Gasteiger partial charge on any atom is -0.497 e. The quantitative estimate of drug-likeness (QED) is 0.826. The Hall–Kier alpha value is -2.23. The van der Waals surface area contributed by atoms with Gasteiger partial charge in [-0.1, -0.05) is 12.1 Å². The second-order valence-corrected chi connectivity index (χ2v) is 4.42. The molecule has 0 aliphatic rings. The van der Waals surface area contributed by atoms with Crippen molar-refractivity contribution in [1.82, 2.24) is 0 Å². The average Bonchev–Trinajstić information content (AvgIpc) is 2.38. The summed E-state index contributed by atoms with van der Waals surface area (Å²) in [5.41, 5.74) is 8.13. The van der Waals surface area contributed by atoms with Gasteiger partial charge in [0.25, 0.3) is 0 Å². The molecule has 0 radical (unpaired) electrons. The summed E-state index contributed by atoms with van der Waals surface area (Å²) < 4.78 is 18.3. The predicted octanol–water partition coefficient (Wildman–Crippen LogP) is 3.59. The Morgan fingerprint density at radius 3 is 2.68 bits per heavy atom. The number of benzene rings is 2. The third-order valence-electron chi connectivity index (χ3n) is 2.90. The van der Waals surface area contributed by atoms with Crippen molar-refractivity contribution >= 4 is 11.4 Å². The van der Waals surface area contributed by atoms with Gasteiger partial charge in [-0.25, -0.2) is 4.39 Å². The highest BCUT2D eigenvalue weighted by Crippen LogP contribution is 2.26. The van der Waals surface area contributed by atoms with Crippen LogP contribution >= 0.6 is 0 Å². The maximum Gasteiger partial charge on any atom is 0.123 e. The van der Waals surface area contributed by atoms with Crippen LogP contribution in [0.15, 0.2) is 42.5 Å². The lowest BCUT2D eigenvalue weighted by Crippen LogP contribution is -2.07. The summed E-state index contributed by atoms with van der Waals surface area (Å²) in [6.45, 7) is 1.96. The summed E-state index contributed by atoms with van der Waals surface area (Å²) >= 11 is 0. The van der Waals surface area contributed by atoms with E-state index in [9.17, 15) is 4.39 Å². The zero-order valence-electron chi connectivity index (χ0n) is 11.0. The van der Waals surface area contributed by atoms with E-state index in [2.05, 4.69) is 5.32 Å². The number of nitrogens with two attached hydrogens (primary N) is 1. The van der Waals surface area contributed by atoms with Gasteiger partial charge < -0.3 is 15.8 Å². The first-order valence-corrected chi connectivity index (χ1v) is 6.05. The summed E-state index contributed by atoms with van der Waals surface area (Å²) in [6, 6.07) is 11.9. The molecule has 0 heterocycles. The fourth-order valence-electron chi connectivity index (χ4n) is 1.93. The highest BCUT2D eigenvalue weighted by atomic mass is 19.1. The molecule has 2 rings (SSSR count). The molecule has 0 aromatic heterocycles. The van der Waals surface area contributed by atoms with Crippen LogP contribution in [0.5, 0.6) is 5.75 Å². The van der Waals surface area contributed by atoms with E-state index in [0.29, 0.717) is 11.4 Å². The van der Waals surface area contributed by atoms with Gasteiger partial charge in [0.1, 0.15) is 11.6 Å². The van der Waals surface area contributed by atoms with Gasteiger partial charge in [-0.2, -0.15) is 0 Å². The van der Waals surface area contributed by atoms with Gasteiger partial charge in [-0.3, -0.25) is 0 Å². The molecule has 100 valence electrons. The van der Waals surface area contributed by atoms with Crippen molar-refractivity contribution in [2.24, 2.45) is 0 Å². The number of ether oxygens (including phenoxy) is 1. The fourth-order valence-corrected chi connectivity index (χ4v) is 1.93. The van der Waals surface area contributed by atoms with E-state index in [1.165, 1.54) is 12.1 Å². The Morgan fingerprint density at radius 1 is 1.21 bits per heavy atom. The molecule has 19 heavy (non-hydrogen) atoms. The molecule has 0 saturated carbocycles. The van der Waals surface area contributed by atoms with E-state index in [0.717, 1.165) is 11.3 Å². The topological polar surface area (TPSA) is 47.3 Å². The van der Waals surface area contributed by atoms with Gasteiger partial charge in [0, 0.05) is 29.5 Å². The number of hydrogen-bond acceptors (Lipinski definition) is 3. The van der Waals surface area contributed by atoms with Crippen LogP contribution in [0.25, 0.3) is 0 Å². The molecule has 0 saturated heterocycles. The number of nitrogen functional groups attached to an aromatic ring is 1. The molecule has 0 amide bonds. The van der Waals surface area contributed by atoms with Gasteiger partial charge in [0.15, 0.2) is 0 Å². The molecular weight excluding hydrogens is 243 g/mol. The monoisotopic (exact) mass is 260 g/mol. The lowest BCUT2D eigenvalue weighted by atomic mass is 10.1. The SMILES string of the molecule is COc1cc(N)cc(NC(C)c2cccc(F)c2)c1. The van der Waals surface area contributed by atoms with Gasteiger partial charge >= 0.3 is 0 Å². The second kappa shape index (κ2) is 5.61. The normalized spacial score (nSPS) is 11.9.